The SMILES string of the molecule is CCOc1ccc(N(CC(=O)N(Cc2ccccc2Cl)[C@@H](Cc2ccccc2)C(=O)NC2CCCC2)S(=O)(=O)c2ccc(F)cc2)cc1. The molecule has 2 amide bonds. The van der Waals surface area contributed by atoms with E-state index < -0.39 is 34.3 Å². The van der Waals surface area contributed by atoms with Crippen LogP contribution in [0.2, 0.25) is 5.02 Å². The van der Waals surface area contributed by atoms with Gasteiger partial charge in [0, 0.05) is 24.0 Å². The van der Waals surface area contributed by atoms with Crippen LogP contribution < -0.4 is 14.4 Å². The molecular weight excluding hydrogens is 653 g/mol. The van der Waals surface area contributed by atoms with Gasteiger partial charge in [0.25, 0.3) is 10.0 Å². The van der Waals surface area contributed by atoms with E-state index in [0.29, 0.717) is 22.9 Å². The number of halogens is 2. The molecule has 8 nitrogen and oxygen atoms in total. The highest BCUT2D eigenvalue weighted by Crippen LogP contribution is 2.28. The Bertz CT molecular complexity index is 1780. The summed E-state index contributed by atoms with van der Waals surface area (Å²) < 4.78 is 48.7. The molecule has 0 unspecified atom stereocenters. The molecule has 1 N–H and O–H groups in total. The Morgan fingerprint density at radius 2 is 1.56 bits per heavy atom. The van der Waals surface area contributed by atoms with Crippen LogP contribution in [0.5, 0.6) is 5.75 Å². The summed E-state index contributed by atoms with van der Waals surface area (Å²) in [7, 11) is -4.38. The van der Waals surface area contributed by atoms with E-state index in [-0.39, 0.29) is 35.5 Å². The number of nitrogens with zero attached hydrogens (tertiary/aromatic N) is 2. The van der Waals surface area contributed by atoms with Gasteiger partial charge in [-0.15, -0.1) is 0 Å². The Kier molecular flexibility index (Phi) is 11.7. The highest BCUT2D eigenvalue weighted by atomic mass is 35.5. The van der Waals surface area contributed by atoms with E-state index in [0.717, 1.165) is 59.8 Å². The average molecular weight is 692 g/mol. The number of carbonyl (C=O) groups excluding carboxylic acids is 2. The summed E-state index contributed by atoms with van der Waals surface area (Å²) >= 11 is 6.58. The van der Waals surface area contributed by atoms with Crippen LogP contribution in [-0.2, 0) is 32.6 Å². The lowest BCUT2D eigenvalue weighted by atomic mass is 10.0. The number of rotatable bonds is 14. The van der Waals surface area contributed by atoms with Gasteiger partial charge in [0.15, 0.2) is 0 Å². The summed E-state index contributed by atoms with van der Waals surface area (Å²) in [5.41, 5.74) is 1.64. The number of nitrogens with one attached hydrogen (secondary N) is 1. The van der Waals surface area contributed by atoms with Gasteiger partial charge in [-0.1, -0.05) is 73.0 Å². The Balaban J connectivity index is 1.57. The zero-order valence-corrected chi connectivity index (χ0v) is 28.3. The van der Waals surface area contributed by atoms with Crippen molar-refractivity contribution >= 4 is 39.1 Å². The van der Waals surface area contributed by atoms with Crippen LogP contribution >= 0.6 is 11.6 Å². The van der Waals surface area contributed by atoms with Gasteiger partial charge in [-0.3, -0.25) is 13.9 Å². The summed E-state index contributed by atoms with van der Waals surface area (Å²) in [6.07, 6.45) is 3.92. The number of ether oxygens (including phenoxy) is 1. The number of carbonyl (C=O) groups is 2. The van der Waals surface area contributed by atoms with Crippen molar-refractivity contribution in [3.8, 4) is 5.75 Å². The Morgan fingerprint density at radius 3 is 2.21 bits per heavy atom. The largest absolute Gasteiger partial charge is 0.494 e. The van der Waals surface area contributed by atoms with Gasteiger partial charge in [0.1, 0.15) is 24.2 Å². The molecule has 0 saturated heterocycles. The molecule has 4 aromatic carbocycles. The van der Waals surface area contributed by atoms with Gasteiger partial charge >= 0.3 is 0 Å². The average Bonchev–Trinajstić information content (AvgIpc) is 3.60. The lowest BCUT2D eigenvalue weighted by Gasteiger charge is -2.34. The number of hydrogen-bond acceptors (Lipinski definition) is 5. The molecule has 4 aromatic rings. The van der Waals surface area contributed by atoms with Crippen LogP contribution in [0, 0.1) is 5.82 Å². The summed E-state index contributed by atoms with van der Waals surface area (Å²) in [5.74, 6) is -1.00. The first-order valence-corrected chi connectivity index (χ1v) is 17.9. The highest BCUT2D eigenvalue weighted by molar-refractivity contribution is 7.92. The predicted molar refractivity (Wildman–Crippen MR) is 185 cm³/mol. The van der Waals surface area contributed by atoms with Crippen LogP contribution in [0.1, 0.15) is 43.7 Å². The third-order valence-electron chi connectivity index (χ3n) is 8.39. The molecule has 1 aliphatic rings. The van der Waals surface area contributed by atoms with E-state index in [1.165, 1.54) is 4.90 Å². The number of hydrogen-bond donors (Lipinski definition) is 1. The molecule has 1 fully saturated rings. The molecular formula is C37H39ClFN3O5S. The van der Waals surface area contributed by atoms with E-state index in [4.69, 9.17) is 16.3 Å². The third kappa shape index (κ3) is 8.73. The van der Waals surface area contributed by atoms with Crippen LogP contribution in [0.25, 0.3) is 0 Å². The van der Waals surface area contributed by atoms with Gasteiger partial charge < -0.3 is 15.0 Å². The number of anilines is 1. The van der Waals surface area contributed by atoms with Crippen molar-refractivity contribution in [3.63, 3.8) is 0 Å². The first-order chi connectivity index (χ1) is 23.2. The summed E-state index contributed by atoms with van der Waals surface area (Å²) in [5, 5.41) is 3.56. The standard InChI is InChI=1S/C37H39ClFN3O5S/c1-2-47-32-20-18-31(19-21-32)42(48(45,46)33-22-16-29(39)17-23-33)26-36(43)41(25-28-12-6-9-15-34(28)38)35(24-27-10-4-3-5-11-27)37(44)40-30-13-7-8-14-30/h3-6,9-12,15-23,30,35H,2,7-8,13-14,24-26H2,1H3,(H,40,44)/t35-/m0/s1. The second kappa shape index (κ2) is 16.1. The molecule has 11 heteroatoms. The summed E-state index contributed by atoms with van der Waals surface area (Å²) in [6.45, 7) is 1.57. The lowest BCUT2D eigenvalue weighted by molar-refractivity contribution is -0.140. The van der Waals surface area contributed by atoms with Crippen LogP contribution in [0.15, 0.2) is 108 Å². The van der Waals surface area contributed by atoms with E-state index in [2.05, 4.69) is 5.32 Å². The molecule has 1 aliphatic carbocycles. The van der Waals surface area contributed by atoms with Gasteiger partial charge in [-0.25, -0.2) is 12.8 Å². The molecule has 0 heterocycles. The van der Waals surface area contributed by atoms with Gasteiger partial charge in [0.2, 0.25) is 11.8 Å². The van der Waals surface area contributed by atoms with Crippen LogP contribution in [0.4, 0.5) is 10.1 Å². The highest BCUT2D eigenvalue weighted by Gasteiger charge is 2.36. The van der Waals surface area contributed by atoms with E-state index in [9.17, 15) is 22.4 Å². The van der Waals surface area contributed by atoms with Crippen molar-refractivity contribution in [2.75, 3.05) is 17.5 Å². The van der Waals surface area contributed by atoms with Crippen molar-refractivity contribution in [3.05, 3.63) is 125 Å². The maximum absolute atomic E-state index is 14.6. The first-order valence-electron chi connectivity index (χ1n) is 16.0. The fraction of sp³-hybridized carbons (Fsp3) is 0.297. The molecule has 1 atom stereocenters. The molecule has 5 rings (SSSR count). The van der Waals surface area contributed by atoms with E-state index in [1.54, 1.807) is 48.5 Å². The smallest absolute Gasteiger partial charge is 0.264 e. The van der Waals surface area contributed by atoms with Gasteiger partial charge in [-0.05, 0) is 85.5 Å². The molecule has 0 aliphatic heterocycles. The molecule has 48 heavy (non-hydrogen) atoms. The fourth-order valence-corrected chi connectivity index (χ4v) is 7.48. The minimum atomic E-state index is -4.38. The van der Waals surface area contributed by atoms with E-state index >= 15 is 0 Å². The molecule has 0 aromatic heterocycles. The summed E-state index contributed by atoms with van der Waals surface area (Å²) in [6, 6.07) is 26.2. The van der Waals surface area contributed by atoms with Gasteiger partial charge in [-0.2, -0.15) is 0 Å². The maximum Gasteiger partial charge on any atom is 0.264 e. The second-order valence-corrected chi connectivity index (χ2v) is 14.0. The van der Waals surface area contributed by atoms with Crippen molar-refractivity contribution in [1.82, 2.24) is 10.2 Å². The molecule has 252 valence electrons. The summed E-state index contributed by atoms with van der Waals surface area (Å²) in [4.78, 5) is 30.0. The van der Waals surface area contributed by atoms with E-state index in [1.807, 2.05) is 37.3 Å². The lowest BCUT2D eigenvalue weighted by Crippen LogP contribution is -2.54. The molecule has 0 bridgehead atoms. The number of benzene rings is 4. The Hall–Kier alpha value is -4.41. The van der Waals surface area contributed by atoms with Crippen LogP contribution in [-0.4, -0.2) is 50.4 Å². The quantitative estimate of drug-likeness (QED) is 0.158. The van der Waals surface area contributed by atoms with Crippen molar-refractivity contribution < 1.29 is 27.1 Å². The first kappa shape index (κ1) is 34.9. The van der Waals surface area contributed by atoms with Crippen molar-refractivity contribution in [2.24, 2.45) is 0 Å². The zero-order valence-electron chi connectivity index (χ0n) is 26.7. The number of sulfonamides is 1. The predicted octanol–water partition coefficient (Wildman–Crippen LogP) is 6.77. The van der Waals surface area contributed by atoms with Crippen molar-refractivity contribution in [1.29, 1.82) is 0 Å². The van der Waals surface area contributed by atoms with Crippen molar-refractivity contribution in [2.45, 2.75) is 62.6 Å². The maximum atomic E-state index is 14.6. The second-order valence-electron chi connectivity index (χ2n) is 11.7. The molecule has 1 saturated carbocycles. The third-order valence-corrected chi connectivity index (χ3v) is 10.5. The molecule has 0 radical (unpaired) electrons. The Morgan fingerprint density at radius 1 is 0.917 bits per heavy atom. The fourth-order valence-electron chi connectivity index (χ4n) is 5.87. The minimum Gasteiger partial charge on any atom is -0.494 e. The zero-order chi connectivity index (χ0) is 34.1. The monoisotopic (exact) mass is 691 g/mol. The normalized spacial score (nSPS) is 13.9. The molecule has 0 spiro atoms. The topological polar surface area (TPSA) is 96.0 Å². The number of amides is 2. The Labute approximate surface area is 286 Å². The van der Waals surface area contributed by atoms with Gasteiger partial charge in [0.05, 0.1) is 17.2 Å². The van der Waals surface area contributed by atoms with Crippen LogP contribution in [0.3, 0.4) is 0 Å². The minimum absolute atomic E-state index is 0.00718.